The molecule has 10 heteroatoms. The van der Waals surface area contributed by atoms with Crippen molar-refractivity contribution in [2.75, 3.05) is 23.7 Å². The maximum absolute atomic E-state index is 13.6. The Kier molecular flexibility index (Phi) is 10.4. The van der Waals surface area contributed by atoms with Crippen molar-refractivity contribution in [3.05, 3.63) is 63.6 Å². The highest BCUT2D eigenvalue weighted by Gasteiger charge is 2.31. The Labute approximate surface area is 218 Å². The van der Waals surface area contributed by atoms with Crippen molar-refractivity contribution in [2.45, 2.75) is 46.7 Å². The summed E-state index contributed by atoms with van der Waals surface area (Å²) in [6, 6.07) is 11.1. The average molecular weight is 543 g/mol. The molecule has 0 aliphatic rings. The lowest BCUT2D eigenvalue weighted by Gasteiger charge is -2.32. The second-order valence-corrected chi connectivity index (χ2v) is 11.5. The second-order valence-electron chi connectivity index (χ2n) is 8.79. The summed E-state index contributed by atoms with van der Waals surface area (Å²) in [5.74, 6) is -0.681. The Morgan fingerprint density at radius 2 is 1.60 bits per heavy atom. The summed E-state index contributed by atoms with van der Waals surface area (Å²) < 4.78 is 26.6. The van der Waals surface area contributed by atoms with Crippen LogP contribution in [0.5, 0.6) is 0 Å². The van der Waals surface area contributed by atoms with Gasteiger partial charge in [0.05, 0.1) is 11.9 Å². The molecular weight excluding hydrogens is 509 g/mol. The van der Waals surface area contributed by atoms with Crippen LogP contribution in [0.2, 0.25) is 10.0 Å². The normalized spacial score (nSPS) is 12.3. The highest BCUT2D eigenvalue weighted by Crippen LogP contribution is 2.28. The van der Waals surface area contributed by atoms with Crippen molar-refractivity contribution in [3.8, 4) is 0 Å². The summed E-state index contributed by atoms with van der Waals surface area (Å²) >= 11 is 12.7. The van der Waals surface area contributed by atoms with Crippen LogP contribution >= 0.6 is 23.2 Å². The third kappa shape index (κ3) is 7.85. The minimum atomic E-state index is -3.80. The molecule has 35 heavy (non-hydrogen) atoms. The van der Waals surface area contributed by atoms with Crippen LogP contribution in [0.1, 0.15) is 38.8 Å². The molecule has 0 aromatic heterocycles. The molecule has 192 valence electrons. The third-order valence-electron chi connectivity index (χ3n) is 5.56. The molecule has 2 aromatic carbocycles. The molecule has 0 spiro atoms. The molecule has 0 heterocycles. The van der Waals surface area contributed by atoms with Gasteiger partial charge in [-0.25, -0.2) is 8.42 Å². The minimum Gasteiger partial charge on any atom is -0.354 e. The molecule has 0 radical (unpaired) electrons. The number of halogens is 2. The van der Waals surface area contributed by atoms with E-state index in [2.05, 4.69) is 5.32 Å². The van der Waals surface area contributed by atoms with Crippen molar-refractivity contribution >= 4 is 50.7 Å². The number of rotatable bonds is 11. The first-order valence-corrected chi connectivity index (χ1v) is 14.0. The number of nitrogens with one attached hydrogen (secondary N) is 1. The number of carbonyl (C=O) groups is 2. The number of carbonyl (C=O) groups excluding carboxylic acids is 2. The van der Waals surface area contributed by atoms with Crippen LogP contribution in [0, 0.1) is 5.92 Å². The van der Waals surface area contributed by atoms with E-state index in [1.165, 1.54) is 4.90 Å². The molecule has 7 nitrogen and oxygen atoms in total. The summed E-state index contributed by atoms with van der Waals surface area (Å²) in [4.78, 5) is 27.9. The fraction of sp³-hybridized carbons (Fsp3) is 0.440. The largest absolute Gasteiger partial charge is 0.354 e. The van der Waals surface area contributed by atoms with Gasteiger partial charge in [0.1, 0.15) is 12.6 Å². The summed E-state index contributed by atoms with van der Waals surface area (Å²) in [5.41, 5.74) is 1.69. The van der Waals surface area contributed by atoms with Gasteiger partial charge >= 0.3 is 0 Å². The van der Waals surface area contributed by atoms with Crippen molar-refractivity contribution in [3.63, 3.8) is 0 Å². The zero-order valence-electron chi connectivity index (χ0n) is 20.7. The van der Waals surface area contributed by atoms with Crippen LogP contribution in [0.25, 0.3) is 0 Å². The van der Waals surface area contributed by atoms with Crippen LogP contribution < -0.4 is 9.62 Å². The Morgan fingerprint density at radius 3 is 2.14 bits per heavy atom. The van der Waals surface area contributed by atoms with Crippen molar-refractivity contribution in [1.29, 1.82) is 0 Å². The lowest BCUT2D eigenvalue weighted by Crippen LogP contribution is -2.51. The number of anilines is 1. The highest BCUT2D eigenvalue weighted by molar-refractivity contribution is 7.92. The molecule has 0 saturated heterocycles. The Balaban J connectivity index is 2.46. The van der Waals surface area contributed by atoms with Gasteiger partial charge in [0, 0.05) is 28.7 Å². The first-order chi connectivity index (χ1) is 16.4. The van der Waals surface area contributed by atoms with E-state index >= 15 is 0 Å². The fourth-order valence-electron chi connectivity index (χ4n) is 3.54. The van der Waals surface area contributed by atoms with Gasteiger partial charge in [-0.1, -0.05) is 68.2 Å². The summed E-state index contributed by atoms with van der Waals surface area (Å²) in [6.45, 7) is 7.36. The summed E-state index contributed by atoms with van der Waals surface area (Å²) in [5, 5.41) is 3.53. The number of para-hydroxylation sites is 1. The van der Waals surface area contributed by atoms with Gasteiger partial charge in [0.25, 0.3) is 0 Å². The third-order valence-corrected chi connectivity index (χ3v) is 7.40. The van der Waals surface area contributed by atoms with Gasteiger partial charge in [-0.15, -0.1) is 0 Å². The topological polar surface area (TPSA) is 86.8 Å². The lowest BCUT2D eigenvalue weighted by molar-refractivity contribution is -0.139. The molecule has 0 aliphatic heterocycles. The molecule has 2 aromatic rings. The minimum absolute atomic E-state index is 0.0549. The fourth-order valence-corrected chi connectivity index (χ4v) is 4.93. The zero-order valence-corrected chi connectivity index (χ0v) is 23.0. The van der Waals surface area contributed by atoms with Gasteiger partial charge in [0.2, 0.25) is 21.8 Å². The van der Waals surface area contributed by atoms with E-state index in [-0.39, 0.29) is 18.4 Å². The Bertz CT molecular complexity index is 1130. The second kappa shape index (κ2) is 12.6. The van der Waals surface area contributed by atoms with E-state index < -0.39 is 28.5 Å². The quantitative estimate of drug-likeness (QED) is 0.453. The number of nitrogens with zero attached hydrogens (tertiary/aromatic N) is 2. The number of hydrogen-bond acceptors (Lipinski definition) is 4. The molecule has 0 bridgehead atoms. The van der Waals surface area contributed by atoms with Gasteiger partial charge < -0.3 is 10.2 Å². The molecule has 2 rings (SSSR count). The molecule has 0 saturated carbocycles. The lowest BCUT2D eigenvalue weighted by atomic mass is 10.1. The highest BCUT2D eigenvalue weighted by atomic mass is 35.5. The molecule has 0 aliphatic carbocycles. The maximum Gasteiger partial charge on any atom is 0.244 e. The molecule has 1 atom stereocenters. The van der Waals surface area contributed by atoms with Crippen LogP contribution in [-0.4, -0.2) is 50.5 Å². The van der Waals surface area contributed by atoms with Gasteiger partial charge in [0.15, 0.2) is 0 Å². The van der Waals surface area contributed by atoms with E-state index in [9.17, 15) is 18.0 Å². The molecule has 2 amide bonds. The van der Waals surface area contributed by atoms with Crippen LogP contribution in [0.3, 0.4) is 0 Å². The van der Waals surface area contributed by atoms with Crippen molar-refractivity contribution in [1.82, 2.24) is 10.2 Å². The first kappa shape index (κ1) is 28.9. The molecule has 0 unspecified atom stereocenters. The van der Waals surface area contributed by atoms with Crippen molar-refractivity contribution < 1.29 is 18.0 Å². The number of amides is 2. The van der Waals surface area contributed by atoms with E-state index in [1.807, 2.05) is 32.9 Å². The zero-order chi connectivity index (χ0) is 26.3. The van der Waals surface area contributed by atoms with Gasteiger partial charge in [-0.2, -0.15) is 0 Å². The van der Waals surface area contributed by atoms with E-state index in [4.69, 9.17) is 23.2 Å². The van der Waals surface area contributed by atoms with Crippen LogP contribution in [0.4, 0.5) is 5.69 Å². The van der Waals surface area contributed by atoms with E-state index in [1.54, 1.807) is 37.3 Å². The first-order valence-electron chi connectivity index (χ1n) is 11.4. The smallest absolute Gasteiger partial charge is 0.244 e. The van der Waals surface area contributed by atoms with Crippen LogP contribution in [0.15, 0.2) is 42.5 Å². The number of sulfonamides is 1. The van der Waals surface area contributed by atoms with E-state index in [0.717, 1.165) is 16.1 Å². The van der Waals surface area contributed by atoms with Crippen molar-refractivity contribution in [2.24, 2.45) is 5.92 Å². The maximum atomic E-state index is 13.6. The van der Waals surface area contributed by atoms with Gasteiger partial charge in [-0.05, 0) is 43.0 Å². The van der Waals surface area contributed by atoms with E-state index in [0.29, 0.717) is 34.3 Å². The number of aryl methyl sites for hydroxylation is 1. The van der Waals surface area contributed by atoms with Gasteiger partial charge in [-0.3, -0.25) is 13.9 Å². The standard InChI is InChI=1S/C25H33Cl2N3O4S/c1-6-19-10-7-8-13-23(19)30(35(5,33)34)16-24(31)29(18(4)25(32)28-14-17(2)3)15-20-21(26)11-9-12-22(20)27/h7-13,17-18H,6,14-16H2,1-5H3,(H,28,32)/t18-/m0/s1. The molecular formula is C25H33Cl2N3O4S. The predicted molar refractivity (Wildman–Crippen MR) is 142 cm³/mol. The number of hydrogen-bond donors (Lipinski definition) is 1. The average Bonchev–Trinajstić information content (AvgIpc) is 2.79. The molecule has 0 fully saturated rings. The SMILES string of the molecule is CCc1ccccc1N(CC(=O)N(Cc1c(Cl)cccc1Cl)[C@@H](C)C(=O)NCC(C)C)S(C)(=O)=O. The summed E-state index contributed by atoms with van der Waals surface area (Å²) in [7, 11) is -3.80. The predicted octanol–water partition coefficient (Wildman–Crippen LogP) is 4.51. The number of benzene rings is 2. The molecule has 1 N–H and O–H groups in total. The Morgan fingerprint density at radius 1 is 1.00 bits per heavy atom. The van der Waals surface area contributed by atoms with Crippen LogP contribution in [-0.2, 0) is 32.6 Å². The summed E-state index contributed by atoms with van der Waals surface area (Å²) in [6.07, 6.45) is 1.64. The monoisotopic (exact) mass is 541 g/mol. The Hall–Kier alpha value is -2.29.